The van der Waals surface area contributed by atoms with Gasteiger partial charge in [0.25, 0.3) is 0 Å². The van der Waals surface area contributed by atoms with Gasteiger partial charge in [0, 0.05) is 0 Å². The molecule has 0 saturated carbocycles. The first-order valence-electron chi connectivity index (χ1n) is 6.23. The minimum atomic E-state index is 0.00778. The zero-order valence-electron chi connectivity index (χ0n) is 12.2. The van der Waals surface area contributed by atoms with Crippen molar-refractivity contribution in [2.45, 2.75) is 32.9 Å². The summed E-state index contributed by atoms with van der Waals surface area (Å²) >= 11 is 0. The molecule has 4 heteroatoms. The van der Waals surface area contributed by atoms with Gasteiger partial charge in [0.15, 0.2) is 0 Å². The number of methoxy groups -OCH3 is 1. The topological polar surface area (TPSA) is 50.5 Å². The van der Waals surface area contributed by atoms with E-state index in [1.807, 2.05) is 14.1 Å². The first kappa shape index (κ1) is 15.0. The number of ether oxygens (including phenoxy) is 1. The van der Waals surface area contributed by atoms with Crippen molar-refractivity contribution in [3.05, 3.63) is 28.8 Å². The van der Waals surface area contributed by atoms with Gasteiger partial charge in [-0.25, -0.2) is 5.43 Å². The van der Waals surface area contributed by atoms with Gasteiger partial charge >= 0.3 is 0 Å². The molecule has 1 aromatic carbocycles. The Bertz CT molecular complexity index is 402. The van der Waals surface area contributed by atoms with Gasteiger partial charge in [0.2, 0.25) is 0 Å². The van der Waals surface area contributed by atoms with E-state index in [2.05, 4.69) is 43.2 Å². The molecule has 0 aliphatic heterocycles. The summed E-state index contributed by atoms with van der Waals surface area (Å²) in [5, 5.41) is 0. The predicted molar refractivity (Wildman–Crippen MR) is 75.6 cm³/mol. The first-order valence-corrected chi connectivity index (χ1v) is 6.23. The fourth-order valence-electron chi connectivity index (χ4n) is 2.16. The van der Waals surface area contributed by atoms with Crippen LogP contribution in [0.1, 0.15) is 42.6 Å². The van der Waals surface area contributed by atoms with E-state index < -0.39 is 0 Å². The molecule has 102 valence electrons. The Balaban J connectivity index is 3.32. The average molecular weight is 251 g/mol. The van der Waals surface area contributed by atoms with Crippen LogP contribution in [0.15, 0.2) is 12.1 Å². The summed E-state index contributed by atoms with van der Waals surface area (Å²) in [7, 11) is 5.72. The zero-order valence-corrected chi connectivity index (χ0v) is 12.2. The van der Waals surface area contributed by atoms with Crippen LogP contribution in [-0.4, -0.2) is 26.1 Å². The minimum Gasteiger partial charge on any atom is -0.496 e. The summed E-state index contributed by atoms with van der Waals surface area (Å²) < 4.78 is 5.45. The van der Waals surface area contributed by atoms with Gasteiger partial charge in [-0.3, -0.25) is 10.7 Å². The monoisotopic (exact) mass is 251 g/mol. The minimum absolute atomic E-state index is 0.00778. The van der Waals surface area contributed by atoms with Crippen molar-refractivity contribution in [2.24, 2.45) is 5.84 Å². The lowest BCUT2D eigenvalue weighted by atomic mass is 9.95. The van der Waals surface area contributed by atoms with Crippen molar-refractivity contribution >= 4 is 0 Å². The normalized spacial score (nSPS) is 13.2. The maximum atomic E-state index is 5.65. The van der Waals surface area contributed by atoms with E-state index >= 15 is 0 Å². The van der Waals surface area contributed by atoms with E-state index in [1.54, 1.807) is 7.11 Å². The van der Waals surface area contributed by atoms with E-state index in [-0.39, 0.29) is 6.17 Å². The maximum Gasteiger partial charge on any atom is 0.122 e. The van der Waals surface area contributed by atoms with Crippen molar-refractivity contribution in [3.63, 3.8) is 0 Å². The smallest absolute Gasteiger partial charge is 0.122 e. The fraction of sp³-hybridized carbons (Fsp3) is 0.571. The summed E-state index contributed by atoms with van der Waals surface area (Å²) in [5.41, 5.74) is 6.42. The Morgan fingerprint density at radius 2 is 1.83 bits per heavy atom. The Hall–Kier alpha value is -1.10. The molecular formula is C14H25N3O. The molecule has 18 heavy (non-hydrogen) atoms. The SMILES string of the molecule is COc1cc(C)c(C(NN)N(C)C)cc1C(C)C. The molecule has 1 atom stereocenters. The Kier molecular flexibility index (Phi) is 5.14. The standard InChI is InChI=1S/C14H25N3O/c1-9(2)11-8-12(14(16-15)17(4)5)10(3)7-13(11)18-6/h7-9,14,16H,15H2,1-6H3. The van der Waals surface area contributed by atoms with Crippen molar-refractivity contribution in [1.82, 2.24) is 10.3 Å². The molecule has 0 aliphatic rings. The van der Waals surface area contributed by atoms with Crippen LogP contribution in [0.4, 0.5) is 0 Å². The number of hydrogen-bond donors (Lipinski definition) is 2. The highest BCUT2D eigenvalue weighted by molar-refractivity contribution is 5.45. The second kappa shape index (κ2) is 6.18. The second-order valence-electron chi connectivity index (χ2n) is 5.14. The van der Waals surface area contributed by atoms with Gasteiger partial charge in [-0.15, -0.1) is 0 Å². The molecule has 0 heterocycles. The molecule has 0 spiro atoms. The third kappa shape index (κ3) is 3.02. The molecule has 0 saturated heterocycles. The van der Waals surface area contributed by atoms with Crippen molar-refractivity contribution in [3.8, 4) is 5.75 Å². The molecule has 4 nitrogen and oxygen atoms in total. The summed E-state index contributed by atoms with van der Waals surface area (Å²) in [6, 6.07) is 4.27. The van der Waals surface area contributed by atoms with E-state index in [0.29, 0.717) is 5.92 Å². The van der Waals surface area contributed by atoms with Crippen LogP contribution in [0.5, 0.6) is 5.75 Å². The number of aryl methyl sites for hydroxylation is 1. The number of hydrogen-bond acceptors (Lipinski definition) is 4. The van der Waals surface area contributed by atoms with E-state index in [0.717, 1.165) is 5.75 Å². The average Bonchev–Trinajstić information content (AvgIpc) is 2.30. The van der Waals surface area contributed by atoms with Gasteiger partial charge < -0.3 is 4.74 Å². The van der Waals surface area contributed by atoms with Crippen LogP contribution in [0, 0.1) is 6.92 Å². The molecule has 1 unspecified atom stereocenters. The van der Waals surface area contributed by atoms with E-state index in [9.17, 15) is 0 Å². The van der Waals surface area contributed by atoms with Crippen molar-refractivity contribution in [1.29, 1.82) is 0 Å². The van der Waals surface area contributed by atoms with Crippen molar-refractivity contribution in [2.75, 3.05) is 21.2 Å². The highest BCUT2D eigenvalue weighted by Crippen LogP contribution is 2.32. The van der Waals surface area contributed by atoms with Gasteiger partial charge in [-0.05, 0) is 55.8 Å². The third-order valence-corrected chi connectivity index (χ3v) is 3.21. The predicted octanol–water partition coefficient (Wildman–Crippen LogP) is 2.15. The van der Waals surface area contributed by atoms with E-state index in [1.165, 1.54) is 16.7 Å². The molecule has 1 aromatic rings. The molecule has 0 fully saturated rings. The number of nitrogens with two attached hydrogens (primary N) is 1. The highest BCUT2D eigenvalue weighted by Gasteiger charge is 2.18. The summed E-state index contributed by atoms with van der Waals surface area (Å²) in [6.45, 7) is 6.41. The molecule has 1 rings (SSSR count). The van der Waals surface area contributed by atoms with Gasteiger partial charge in [0.05, 0.1) is 13.3 Å². The summed E-state index contributed by atoms with van der Waals surface area (Å²) in [5.74, 6) is 7.01. The van der Waals surface area contributed by atoms with Crippen LogP contribution >= 0.6 is 0 Å². The van der Waals surface area contributed by atoms with Crippen LogP contribution in [0.3, 0.4) is 0 Å². The van der Waals surface area contributed by atoms with Gasteiger partial charge in [-0.1, -0.05) is 13.8 Å². The molecule has 0 bridgehead atoms. The summed E-state index contributed by atoms with van der Waals surface area (Å²) in [6.07, 6.45) is 0.00778. The highest BCUT2D eigenvalue weighted by atomic mass is 16.5. The molecule has 3 N–H and O–H groups in total. The van der Waals surface area contributed by atoms with Gasteiger partial charge in [0.1, 0.15) is 5.75 Å². The van der Waals surface area contributed by atoms with Crippen LogP contribution in [0.25, 0.3) is 0 Å². The lowest BCUT2D eigenvalue weighted by Gasteiger charge is -2.27. The molecule has 0 aliphatic carbocycles. The molecular weight excluding hydrogens is 226 g/mol. The number of rotatable bonds is 5. The Morgan fingerprint density at radius 3 is 2.22 bits per heavy atom. The van der Waals surface area contributed by atoms with Crippen LogP contribution in [-0.2, 0) is 0 Å². The van der Waals surface area contributed by atoms with Crippen LogP contribution in [0.2, 0.25) is 0 Å². The number of hydrazine groups is 1. The third-order valence-electron chi connectivity index (χ3n) is 3.21. The van der Waals surface area contributed by atoms with Crippen molar-refractivity contribution < 1.29 is 4.74 Å². The largest absolute Gasteiger partial charge is 0.496 e. The number of nitrogens with one attached hydrogen (secondary N) is 1. The molecule has 0 aromatic heterocycles. The summed E-state index contributed by atoms with van der Waals surface area (Å²) in [4.78, 5) is 2.05. The second-order valence-corrected chi connectivity index (χ2v) is 5.14. The zero-order chi connectivity index (χ0) is 13.9. The number of benzene rings is 1. The van der Waals surface area contributed by atoms with Crippen LogP contribution < -0.4 is 16.0 Å². The lowest BCUT2D eigenvalue weighted by Crippen LogP contribution is -2.38. The fourth-order valence-corrected chi connectivity index (χ4v) is 2.16. The Morgan fingerprint density at radius 1 is 1.22 bits per heavy atom. The van der Waals surface area contributed by atoms with E-state index in [4.69, 9.17) is 10.6 Å². The molecule has 0 amide bonds. The lowest BCUT2D eigenvalue weighted by molar-refractivity contribution is 0.251. The Labute approximate surface area is 110 Å². The molecule has 0 radical (unpaired) electrons. The quantitative estimate of drug-likeness (QED) is 0.478. The number of nitrogens with zero attached hydrogens (tertiary/aromatic N) is 1. The maximum absolute atomic E-state index is 5.65. The van der Waals surface area contributed by atoms with Gasteiger partial charge in [-0.2, -0.15) is 0 Å². The first-order chi connectivity index (χ1) is 8.42.